The summed E-state index contributed by atoms with van der Waals surface area (Å²) in [5.41, 5.74) is 0. The van der Waals surface area contributed by atoms with E-state index in [0.717, 1.165) is 12.8 Å². The molecule has 0 heterocycles. The number of aliphatic hydroxyl groups is 3. The maximum absolute atomic E-state index is 9.56. The van der Waals surface area contributed by atoms with E-state index in [2.05, 4.69) is 12.7 Å². The minimum absolute atomic E-state index is 0.242. The first-order chi connectivity index (χ1) is 9.70. The van der Waals surface area contributed by atoms with Crippen molar-refractivity contribution in [2.45, 2.75) is 76.4 Å². The monoisotopic (exact) mass is 284 g/mol. The fourth-order valence-corrected chi connectivity index (χ4v) is 2.11. The van der Waals surface area contributed by atoms with Crippen molar-refractivity contribution in [3.05, 3.63) is 24.8 Å². The Morgan fingerprint density at radius 3 is 2.00 bits per heavy atom. The van der Waals surface area contributed by atoms with Crippen LogP contribution in [0.5, 0.6) is 0 Å². The highest BCUT2D eigenvalue weighted by Crippen LogP contribution is 2.09. The predicted octanol–water partition coefficient (Wildman–Crippen LogP) is 3.34. The summed E-state index contributed by atoms with van der Waals surface area (Å²) < 4.78 is 0. The van der Waals surface area contributed by atoms with E-state index in [1.807, 2.05) is 12.2 Å². The molecule has 0 spiro atoms. The molecule has 0 aliphatic heterocycles. The van der Waals surface area contributed by atoms with Crippen molar-refractivity contribution in [1.82, 2.24) is 0 Å². The maximum Gasteiger partial charge on any atom is 0.0795 e. The van der Waals surface area contributed by atoms with Gasteiger partial charge >= 0.3 is 0 Å². The van der Waals surface area contributed by atoms with Crippen LogP contribution in [0.2, 0.25) is 0 Å². The molecular formula is C17H32O3. The van der Waals surface area contributed by atoms with E-state index < -0.39 is 12.2 Å². The fraction of sp³-hybridized carbons (Fsp3) is 0.765. The molecule has 0 amide bonds. The molecular weight excluding hydrogens is 252 g/mol. The molecule has 0 aliphatic rings. The van der Waals surface area contributed by atoms with Crippen molar-refractivity contribution in [3.8, 4) is 0 Å². The van der Waals surface area contributed by atoms with Crippen LogP contribution in [0, 0.1) is 0 Å². The zero-order valence-electron chi connectivity index (χ0n) is 12.7. The minimum Gasteiger partial charge on any atom is -0.394 e. The third-order valence-corrected chi connectivity index (χ3v) is 3.36. The van der Waals surface area contributed by atoms with Crippen LogP contribution in [-0.2, 0) is 0 Å². The predicted molar refractivity (Wildman–Crippen MR) is 84.6 cm³/mol. The van der Waals surface area contributed by atoms with Crippen molar-refractivity contribution < 1.29 is 15.3 Å². The first kappa shape index (κ1) is 19.4. The summed E-state index contributed by atoms with van der Waals surface area (Å²) in [5.74, 6) is 0. The van der Waals surface area contributed by atoms with Gasteiger partial charge in [-0.15, -0.1) is 6.58 Å². The maximum atomic E-state index is 9.56. The van der Waals surface area contributed by atoms with Crippen molar-refractivity contribution in [2.24, 2.45) is 0 Å². The molecule has 2 atom stereocenters. The lowest BCUT2D eigenvalue weighted by Crippen LogP contribution is -2.20. The van der Waals surface area contributed by atoms with E-state index in [-0.39, 0.29) is 13.0 Å². The summed E-state index contributed by atoms with van der Waals surface area (Å²) in [5, 5.41) is 27.4. The van der Waals surface area contributed by atoms with Crippen LogP contribution < -0.4 is 0 Å². The molecule has 0 aromatic carbocycles. The molecule has 3 N–H and O–H groups in total. The van der Waals surface area contributed by atoms with Crippen molar-refractivity contribution in [3.63, 3.8) is 0 Å². The molecule has 0 rings (SSSR count). The average molecular weight is 284 g/mol. The number of hydrogen-bond acceptors (Lipinski definition) is 3. The Morgan fingerprint density at radius 1 is 0.800 bits per heavy atom. The summed E-state index contributed by atoms with van der Waals surface area (Å²) >= 11 is 0. The van der Waals surface area contributed by atoms with Gasteiger partial charge in [-0.2, -0.15) is 0 Å². The quantitative estimate of drug-likeness (QED) is 0.339. The molecule has 0 fully saturated rings. The highest BCUT2D eigenvalue weighted by Gasteiger charge is 2.08. The first-order valence-corrected chi connectivity index (χ1v) is 7.93. The van der Waals surface area contributed by atoms with Gasteiger partial charge in [0.15, 0.2) is 0 Å². The second kappa shape index (κ2) is 14.8. The van der Waals surface area contributed by atoms with Crippen LogP contribution in [-0.4, -0.2) is 34.1 Å². The topological polar surface area (TPSA) is 60.7 Å². The summed E-state index contributed by atoms with van der Waals surface area (Å²) in [6, 6.07) is 0. The number of allylic oxidation sites excluding steroid dienone is 2. The van der Waals surface area contributed by atoms with Crippen molar-refractivity contribution >= 4 is 0 Å². The first-order valence-electron chi connectivity index (χ1n) is 7.93. The lowest BCUT2D eigenvalue weighted by Gasteiger charge is -2.11. The third-order valence-electron chi connectivity index (χ3n) is 3.36. The highest BCUT2D eigenvalue weighted by molar-refractivity contribution is 4.84. The lowest BCUT2D eigenvalue weighted by molar-refractivity contribution is 0.0428. The molecule has 118 valence electrons. The lowest BCUT2D eigenvalue weighted by atomic mass is 10.1. The Balaban J connectivity index is 3.29. The van der Waals surface area contributed by atoms with Crippen LogP contribution >= 0.6 is 0 Å². The van der Waals surface area contributed by atoms with E-state index in [1.54, 1.807) is 0 Å². The SMILES string of the molecule is C=CCCCCCCCC/C=C/CC(O)CC(O)CO. The third kappa shape index (κ3) is 13.8. The molecule has 0 radical (unpaired) electrons. The molecule has 3 nitrogen and oxygen atoms in total. The number of hydrogen-bond donors (Lipinski definition) is 3. The zero-order chi connectivity index (χ0) is 15.1. The normalized spacial score (nSPS) is 14.6. The van der Waals surface area contributed by atoms with Gasteiger partial charge in [0.1, 0.15) is 0 Å². The molecule has 0 saturated carbocycles. The molecule has 0 saturated heterocycles. The second-order valence-electron chi connectivity index (χ2n) is 5.42. The van der Waals surface area contributed by atoms with Gasteiger partial charge in [-0.3, -0.25) is 0 Å². The molecule has 20 heavy (non-hydrogen) atoms. The zero-order valence-corrected chi connectivity index (χ0v) is 12.7. The smallest absolute Gasteiger partial charge is 0.0795 e. The van der Waals surface area contributed by atoms with Crippen molar-refractivity contribution in [1.29, 1.82) is 0 Å². The van der Waals surface area contributed by atoms with Crippen LogP contribution in [0.4, 0.5) is 0 Å². The standard InChI is InChI=1S/C17H32O3/c1-2-3-4-5-6-7-8-9-10-11-12-13-16(19)14-17(20)15-18/h2,11-12,16-20H,1,3-10,13-15H2/b12-11+. The van der Waals surface area contributed by atoms with Crippen LogP contribution in [0.25, 0.3) is 0 Å². The Hall–Kier alpha value is -0.640. The van der Waals surface area contributed by atoms with Gasteiger partial charge < -0.3 is 15.3 Å². The van der Waals surface area contributed by atoms with Crippen LogP contribution in [0.3, 0.4) is 0 Å². The molecule has 2 unspecified atom stereocenters. The fourth-order valence-electron chi connectivity index (χ4n) is 2.11. The summed E-state index contributed by atoms with van der Waals surface area (Å²) in [7, 11) is 0. The van der Waals surface area contributed by atoms with Gasteiger partial charge in [-0.1, -0.05) is 43.9 Å². The van der Waals surface area contributed by atoms with E-state index in [9.17, 15) is 5.11 Å². The number of unbranched alkanes of at least 4 members (excludes halogenated alkanes) is 7. The van der Waals surface area contributed by atoms with Gasteiger partial charge in [-0.25, -0.2) is 0 Å². The van der Waals surface area contributed by atoms with Crippen molar-refractivity contribution in [2.75, 3.05) is 6.61 Å². The second-order valence-corrected chi connectivity index (χ2v) is 5.42. The molecule has 3 heteroatoms. The Morgan fingerprint density at radius 2 is 1.40 bits per heavy atom. The van der Waals surface area contributed by atoms with E-state index in [4.69, 9.17) is 10.2 Å². The van der Waals surface area contributed by atoms with Gasteiger partial charge in [0, 0.05) is 6.42 Å². The Kier molecular flexibility index (Phi) is 14.3. The Labute approximate surface area is 124 Å². The molecule has 0 aromatic rings. The largest absolute Gasteiger partial charge is 0.394 e. The summed E-state index contributed by atoms with van der Waals surface area (Å²) in [4.78, 5) is 0. The number of aliphatic hydroxyl groups excluding tert-OH is 3. The van der Waals surface area contributed by atoms with E-state index in [1.165, 1.54) is 38.5 Å². The van der Waals surface area contributed by atoms with Crippen LogP contribution in [0.15, 0.2) is 24.8 Å². The molecule has 0 bridgehead atoms. The molecule has 0 aliphatic carbocycles. The van der Waals surface area contributed by atoms with Gasteiger partial charge in [0.25, 0.3) is 0 Å². The minimum atomic E-state index is -0.806. The van der Waals surface area contributed by atoms with Gasteiger partial charge in [0.2, 0.25) is 0 Å². The van der Waals surface area contributed by atoms with Gasteiger partial charge in [-0.05, 0) is 32.1 Å². The summed E-state index contributed by atoms with van der Waals surface area (Å²) in [6.45, 7) is 3.43. The van der Waals surface area contributed by atoms with Crippen LogP contribution in [0.1, 0.15) is 64.2 Å². The number of rotatable bonds is 14. The van der Waals surface area contributed by atoms with E-state index >= 15 is 0 Å². The Bertz CT molecular complexity index is 238. The van der Waals surface area contributed by atoms with E-state index in [0.29, 0.717) is 6.42 Å². The highest BCUT2D eigenvalue weighted by atomic mass is 16.3. The van der Waals surface area contributed by atoms with Gasteiger partial charge in [0.05, 0.1) is 18.8 Å². The molecule has 0 aromatic heterocycles. The average Bonchev–Trinajstić information content (AvgIpc) is 2.44. The summed E-state index contributed by atoms with van der Waals surface area (Å²) in [6.07, 6.45) is 15.3.